The number of rotatable bonds is 19. The molecule has 3 aliphatic rings. The van der Waals surface area contributed by atoms with Crippen LogP contribution < -0.4 is 24.0 Å². The number of hydrogen-bond acceptors (Lipinski definition) is 12. The van der Waals surface area contributed by atoms with Crippen LogP contribution in [0.2, 0.25) is 5.02 Å². The Morgan fingerprint density at radius 1 is 0.847 bits per heavy atom. The van der Waals surface area contributed by atoms with Crippen molar-refractivity contribution in [3.05, 3.63) is 93.8 Å². The summed E-state index contributed by atoms with van der Waals surface area (Å²) in [7, 11) is 3.13. The van der Waals surface area contributed by atoms with Gasteiger partial charge in [0.15, 0.2) is 5.82 Å². The third kappa shape index (κ3) is 12.2. The summed E-state index contributed by atoms with van der Waals surface area (Å²) >= 11 is 7.08. The van der Waals surface area contributed by atoms with Crippen LogP contribution in [0.15, 0.2) is 60.7 Å². The molecule has 3 aliphatic heterocycles. The fraction of sp³-hybridized carbons (Fsp3) is 0.519. The maximum atomic E-state index is 18.0. The number of fused-ring (bicyclic) bond motifs is 3. The molecule has 1 amide bonds. The van der Waals surface area contributed by atoms with E-state index in [4.69, 9.17) is 45.6 Å². The highest BCUT2D eigenvalue weighted by atomic mass is 35.5. The minimum Gasteiger partial charge on any atom is -0.497 e. The maximum absolute atomic E-state index is 18.0. The highest BCUT2D eigenvalue weighted by Crippen LogP contribution is 2.46. The highest BCUT2D eigenvalue weighted by molar-refractivity contribution is 6.34. The zero-order valence-electron chi connectivity index (χ0n) is 42.0. The molecule has 5 aromatic rings. The lowest BCUT2D eigenvalue weighted by atomic mass is 9.98. The molecular weight excluding hydrogens is 954 g/mol. The Balaban J connectivity index is 1.21. The number of carbonyl (C=O) groups excluding carboxylic acids is 1. The number of aliphatic hydroxyl groups is 1. The van der Waals surface area contributed by atoms with Crippen molar-refractivity contribution in [2.75, 3.05) is 63.4 Å². The van der Waals surface area contributed by atoms with Gasteiger partial charge in [-0.2, -0.15) is 23.1 Å². The number of likely N-dealkylation sites (tertiary alicyclic amines) is 1. The summed E-state index contributed by atoms with van der Waals surface area (Å²) in [6.07, 6.45) is 2.78. The van der Waals surface area contributed by atoms with Gasteiger partial charge in [-0.1, -0.05) is 55.1 Å². The van der Waals surface area contributed by atoms with Crippen molar-refractivity contribution >= 4 is 40.2 Å². The van der Waals surface area contributed by atoms with E-state index in [2.05, 4.69) is 9.88 Å². The number of methoxy groups -OCH3 is 2. The van der Waals surface area contributed by atoms with Gasteiger partial charge in [0.05, 0.1) is 48.1 Å². The zero-order valence-corrected chi connectivity index (χ0v) is 42.8. The summed E-state index contributed by atoms with van der Waals surface area (Å²) in [6.45, 7) is 10.1. The number of carbonyl (C=O) groups is 1. The summed E-state index contributed by atoms with van der Waals surface area (Å²) in [5.41, 5.74) is -1.86. The first-order valence-corrected chi connectivity index (χ1v) is 25.4. The second kappa shape index (κ2) is 22.6. The lowest BCUT2D eigenvalue weighted by molar-refractivity contribution is -0.137. The number of aromatic nitrogens is 3. The summed E-state index contributed by atoms with van der Waals surface area (Å²) in [6, 6.07) is 16.9. The minimum absolute atomic E-state index is 0.0482. The van der Waals surface area contributed by atoms with Crippen molar-refractivity contribution in [2.24, 2.45) is 0 Å². The number of unbranched alkanes of at least 4 members (excludes halogenated alkanes) is 4. The molecule has 3 fully saturated rings. The molecule has 0 saturated carbocycles. The van der Waals surface area contributed by atoms with Crippen molar-refractivity contribution in [1.82, 2.24) is 24.8 Å². The maximum Gasteiger partial charge on any atom is 0.418 e. The number of aliphatic hydroxyl groups excluding tert-OH is 1. The second-order valence-corrected chi connectivity index (χ2v) is 20.6. The standard InChI is InChI=1S/C54H66ClF4N7O6/c1-34-27-44(64(29-35-14-20-40(69-5)21-15-35)30-36-16-22-41(70-6)23-17-36)60-49(46(34)54(57,58)59)45-43(55)28-42-48(47(45)56)61-51(71-33-39-13-12-25-63(39)24-10-8-7-9-11-26-67)62-50(42)65-31-37-18-19-38(32-65)66(37)52(68)72-53(2,3)4/h14-17,20-23,27-28,37-39,67H,7-13,18-19,24-26,29-33H2,1-6H3/t37?,38?,39-/m0/s1. The number of aryl methyl sites for hydroxylation is 1. The number of piperazine rings is 1. The van der Waals surface area contributed by atoms with E-state index in [1.165, 1.54) is 19.1 Å². The normalized spacial score (nSPS) is 18.2. The molecule has 3 atom stereocenters. The molecule has 18 heteroatoms. The molecule has 0 spiro atoms. The molecule has 8 rings (SSSR count). The van der Waals surface area contributed by atoms with Gasteiger partial charge in [-0.15, -0.1) is 0 Å². The number of anilines is 2. The van der Waals surface area contributed by atoms with Crippen LogP contribution in [0.3, 0.4) is 0 Å². The highest BCUT2D eigenvalue weighted by Gasteiger charge is 2.46. The number of alkyl halides is 3. The number of nitrogens with zero attached hydrogens (tertiary/aromatic N) is 7. The van der Waals surface area contributed by atoms with Gasteiger partial charge in [-0.05, 0) is 132 Å². The Bertz CT molecular complexity index is 2610. The molecule has 72 heavy (non-hydrogen) atoms. The van der Waals surface area contributed by atoms with Crippen LogP contribution in [-0.4, -0.2) is 113 Å². The summed E-state index contributed by atoms with van der Waals surface area (Å²) < 4.78 is 87.3. The summed E-state index contributed by atoms with van der Waals surface area (Å²) in [5, 5.41) is 9.05. The Morgan fingerprint density at radius 2 is 1.46 bits per heavy atom. The smallest absolute Gasteiger partial charge is 0.418 e. The first-order valence-electron chi connectivity index (χ1n) is 25.0. The van der Waals surface area contributed by atoms with Gasteiger partial charge < -0.3 is 33.9 Å². The molecule has 0 radical (unpaired) electrons. The number of hydrogen-bond donors (Lipinski definition) is 1. The minimum atomic E-state index is -4.96. The van der Waals surface area contributed by atoms with Gasteiger partial charge in [0, 0.05) is 44.2 Å². The number of pyridine rings is 1. The molecule has 5 heterocycles. The SMILES string of the molecule is COc1ccc(CN(Cc2ccc(OC)cc2)c2cc(C)c(C(F)(F)F)c(-c3c(Cl)cc4c(N5CC6CCC(C5)N6C(=O)OC(C)(C)C)nc(OC[C@@H]5CCCN5CCCCCCCO)nc4c3F)n2)cc1. The van der Waals surface area contributed by atoms with E-state index in [-0.39, 0.29) is 77.7 Å². The molecular formula is C54H66ClF4N7O6. The van der Waals surface area contributed by atoms with Crippen LogP contribution in [0, 0.1) is 12.7 Å². The van der Waals surface area contributed by atoms with E-state index in [1.54, 1.807) is 43.4 Å². The van der Waals surface area contributed by atoms with Gasteiger partial charge >= 0.3 is 18.3 Å². The fourth-order valence-electron chi connectivity index (χ4n) is 10.4. The quantitative estimate of drug-likeness (QED) is 0.0625. The first-order chi connectivity index (χ1) is 34.4. The number of amides is 1. The number of ether oxygens (including phenoxy) is 4. The Hall–Kier alpha value is -5.65. The molecule has 2 bridgehead atoms. The Labute approximate surface area is 424 Å². The molecule has 388 valence electrons. The topological polar surface area (TPSA) is 126 Å². The average Bonchev–Trinajstić information content (AvgIpc) is 3.90. The van der Waals surface area contributed by atoms with E-state index < -0.39 is 40.5 Å². The zero-order chi connectivity index (χ0) is 51.3. The molecule has 3 aromatic carbocycles. The second-order valence-electron chi connectivity index (χ2n) is 20.2. The van der Waals surface area contributed by atoms with Crippen LogP contribution in [0.25, 0.3) is 22.2 Å². The van der Waals surface area contributed by atoms with E-state index in [0.717, 1.165) is 69.2 Å². The number of halogens is 5. The molecule has 0 aliphatic carbocycles. The van der Waals surface area contributed by atoms with Crippen LogP contribution in [0.5, 0.6) is 17.5 Å². The van der Waals surface area contributed by atoms with Crippen molar-refractivity contribution in [2.45, 2.75) is 128 Å². The molecule has 2 aromatic heterocycles. The largest absolute Gasteiger partial charge is 0.497 e. The molecule has 2 unspecified atom stereocenters. The van der Waals surface area contributed by atoms with E-state index in [1.807, 2.05) is 54.8 Å². The van der Waals surface area contributed by atoms with Gasteiger partial charge in [0.1, 0.15) is 40.9 Å². The monoisotopic (exact) mass is 1020 g/mol. The Kier molecular flexibility index (Phi) is 16.6. The Morgan fingerprint density at radius 3 is 2.04 bits per heavy atom. The van der Waals surface area contributed by atoms with Crippen LogP contribution in [-0.2, 0) is 24.0 Å². The van der Waals surface area contributed by atoms with Gasteiger partial charge in [-0.25, -0.2) is 14.2 Å². The number of benzene rings is 3. The van der Waals surface area contributed by atoms with Gasteiger partial charge in [-0.3, -0.25) is 9.80 Å². The summed E-state index contributed by atoms with van der Waals surface area (Å²) in [4.78, 5) is 35.7. The van der Waals surface area contributed by atoms with Crippen LogP contribution in [0.1, 0.15) is 101 Å². The molecule has 3 saturated heterocycles. The van der Waals surface area contributed by atoms with Crippen LogP contribution >= 0.6 is 11.6 Å². The van der Waals surface area contributed by atoms with E-state index in [9.17, 15) is 4.79 Å². The lowest BCUT2D eigenvalue weighted by Crippen LogP contribution is -2.57. The van der Waals surface area contributed by atoms with Crippen molar-refractivity contribution in [1.29, 1.82) is 0 Å². The van der Waals surface area contributed by atoms with Crippen LogP contribution in [0.4, 0.5) is 34.0 Å². The third-order valence-corrected chi connectivity index (χ3v) is 14.1. The predicted octanol–water partition coefficient (Wildman–Crippen LogP) is 11.4. The molecule has 1 N–H and O–H groups in total. The van der Waals surface area contributed by atoms with E-state index >= 15 is 17.6 Å². The third-order valence-electron chi connectivity index (χ3n) is 13.8. The average molecular weight is 1020 g/mol. The van der Waals surface area contributed by atoms with Gasteiger partial charge in [0.2, 0.25) is 0 Å². The van der Waals surface area contributed by atoms with E-state index in [0.29, 0.717) is 43.2 Å². The van der Waals surface area contributed by atoms with Crippen molar-refractivity contribution in [3.63, 3.8) is 0 Å². The van der Waals surface area contributed by atoms with Gasteiger partial charge in [0.25, 0.3) is 0 Å². The predicted molar refractivity (Wildman–Crippen MR) is 271 cm³/mol. The lowest BCUT2D eigenvalue weighted by Gasteiger charge is -2.42. The first kappa shape index (κ1) is 52.7. The van der Waals surface area contributed by atoms with Crippen molar-refractivity contribution in [3.8, 4) is 28.8 Å². The van der Waals surface area contributed by atoms with Crippen molar-refractivity contribution < 1.29 is 46.4 Å². The summed E-state index contributed by atoms with van der Waals surface area (Å²) in [5.74, 6) is 0.641. The molecule has 13 nitrogen and oxygen atoms in total. The fourth-order valence-corrected chi connectivity index (χ4v) is 10.6.